The van der Waals surface area contributed by atoms with Crippen molar-refractivity contribution in [3.05, 3.63) is 34.2 Å². The lowest BCUT2D eigenvalue weighted by atomic mass is 10.2. The minimum atomic E-state index is -0.321. The molecule has 0 saturated heterocycles. The van der Waals surface area contributed by atoms with Crippen molar-refractivity contribution in [3.8, 4) is 0 Å². The van der Waals surface area contributed by atoms with E-state index < -0.39 is 0 Å². The lowest BCUT2D eigenvalue weighted by molar-refractivity contribution is 0.0935. The van der Waals surface area contributed by atoms with Crippen LogP contribution in [0.2, 0.25) is 0 Å². The standard InChI is InChI=1S/C12H19N3O2/c1-9(5-7-15(2)3)14-12(17)10-8-13-6-4-11(10)16/h4,6,8-9H,5,7H2,1-3H3,(H,13,16)(H,14,17). The van der Waals surface area contributed by atoms with Crippen molar-refractivity contribution in [2.45, 2.75) is 19.4 Å². The highest BCUT2D eigenvalue weighted by Crippen LogP contribution is 1.95. The molecule has 1 unspecified atom stereocenters. The monoisotopic (exact) mass is 237 g/mol. The fourth-order valence-electron chi connectivity index (χ4n) is 1.42. The Kier molecular flexibility index (Phi) is 4.90. The van der Waals surface area contributed by atoms with Gasteiger partial charge in [0.2, 0.25) is 0 Å². The van der Waals surface area contributed by atoms with Crippen LogP contribution in [0.4, 0.5) is 0 Å². The van der Waals surface area contributed by atoms with Crippen LogP contribution >= 0.6 is 0 Å². The van der Waals surface area contributed by atoms with Gasteiger partial charge in [0.05, 0.1) is 0 Å². The lowest BCUT2D eigenvalue weighted by Crippen LogP contribution is -2.37. The van der Waals surface area contributed by atoms with Gasteiger partial charge in [0.25, 0.3) is 5.91 Å². The molecule has 0 aliphatic heterocycles. The fraction of sp³-hybridized carbons (Fsp3) is 0.500. The van der Waals surface area contributed by atoms with Crippen LogP contribution in [0.1, 0.15) is 23.7 Å². The van der Waals surface area contributed by atoms with Gasteiger partial charge in [0, 0.05) is 24.5 Å². The van der Waals surface area contributed by atoms with Crippen molar-refractivity contribution in [2.75, 3.05) is 20.6 Å². The molecular formula is C12H19N3O2. The van der Waals surface area contributed by atoms with Crippen LogP contribution < -0.4 is 10.7 Å². The highest BCUT2D eigenvalue weighted by atomic mass is 16.2. The predicted molar refractivity (Wildman–Crippen MR) is 67.2 cm³/mol. The molecule has 0 bridgehead atoms. The summed E-state index contributed by atoms with van der Waals surface area (Å²) in [5.74, 6) is -0.321. The Bertz CT molecular complexity index is 426. The summed E-state index contributed by atoms with van der Waals surface area (Å²) < 4.78 is 0. The summed E-state index contributed by atoms with van der Waals surface area (Å²) in [6.45, 7) is 2.82. The van der Waals surface area contributed by atoms with Gasteiger partial charge in [-0.25, -0.2) is 0 Å². The Hall–Kier alpha value is -1.62. The molecule has 0 saturated carbocycles. The first-order chi connectivity index (χ1) is 8.00. The molecule has 94 valence electrons. The molecule has 17 heavy (non-hydrogen) atoms. The van der Waals surface area contributed by atoms with Crippen LogP contribution in [0.5, 0.6) is 0 Å². The molecule has 0 spiro atoms. The van der Waals surface area contributed by atoms with Gasteiger partial charge in [-0.3, -0.25) is 9.59 Å². The summed E-state index contributed by atoms with van der Waals surface area (Å²) in [7, 11) is 3.97. The molecule has 1 atom stereocenters. The van der Waals surface area contributed by atoms with E-state index in [9.17, 15) is 9.59 Å². The van der Waals surface area contributed by atoms with Crippen LogP contribution in [0.3, 0.4) is 0 Å². The van der Waals surface area contributed by atoms with E-state index in [0.717, 1.165) is 13.0 Å². The quantitative estimate of drug-likeness (QED) is 0.781. The summed E-state index contributed by atoms with van der Waals surface area (Å²) in [4.78, 5) is 28.0. The summed E-state index contributed by atoms with van der Waals surface area (Å²) in [6.07, 6.45) is 3.79. The Labute approximate surface area is 101 Å². The minimum Gasteiger partial charge on any atom is -0.367 e. The Morgan fingerprint density at radius 1 is 1.53 bits per heavy atom. The molecule has 0 aliphatic carbocycles. The van der Waals surface area contributed by atoms with E-state index in [1.807, 2.05) is 21.0 Å². The molecule has 0 radical (unpaired) electrons. The maximum Gasteiger partial charge on any atom is 0.256 e. The van der Waals surface area contributed by atoms with E-state index in [-0.39, 0.29) is 22.9 Å². The van der Waals surface area contributed by atoms with E-state index in [1.165, 1.54) is 18.5 Å². The number of rotatable bonds is 5. The van der Waals surface area contributed by atoms with Gasteiger partial charge in [0.15, 0.2) is 5.43 Å². The highest BCUT2D eigenvalue weighted by molar-refractivity contribution is 5.93. The Balaban J connectivity index is 2.55. The summed E-state index contributed by atoms with van der Waals surface area (Å²) in [6, 6.07) is 1.39. The first-order valence-electron chi connectivity index (χ1n) is 5.63. The van der Waals surface area contributed by atoms with Gasteiger partial charge in [-0.2, -0.15) is 0 Å². The zero-order chi connectivity index (χ0) is 12.8. The molecule has 5 heteroatoms. The van der Waals surface area contributed by atoms with Gasteiger partial charge in [-0.05, 0) is 34.0 Å². The van der Waals surface area contributed by atoms with Crippen molar-refractivity contribution in [1.82, 2.24) is 15.2 Å². The number of nitrogens with zero attached hydrogens (tertiary/aromatic N) is 1. The van der Waals surface area contributed by atoms with Crippen molar-refractivity contribution < 1.29 is 4.79 Å². The van der Waals surface area contributed by atoms with Crippen LogP contribution in [-0.2, 0) is 0 Å². The largest absolute Gasteiger partial charge is 0.367 e. The number of carbonyl (C=O) groups excluding carboxylic acids is 1. The maximum atomic E-state index is 11.8. The first-order valence-corrected chi connectivity index (χ1v) is 5.63. The normalized spacial score (nSPS) is 12.5. The van der Waals surface area contributed by atoms with Crippen LogP contribution in [-0.4, -0.2) is 42.5 Å². The predicted octanol–water partition coefficient (Wildman–Crippen LogP) is 0.445. The third-order valence-electron chi connectivity index (χ3n) is 2.46. The first kappa shape index (κ1) is 13.4. The number of aromatic amines is 1. The second-order valence-electron chi connectivity index (χ2n) is 4.39. The number of hydrogen-bond donors (Lipinski definition) is 2. The fourth-order valence-corrected chi connectivity index (χ4v) is 1.42. The number of H-pyrrole nitrogens is 1. The average Bonchev–Trinajstić information content (AvgIpc) is 2.26. The van der Waals surface area contributed by atoms with Crippen molar-refractivity contribution >= 4 is 5.91 Å². The molecular weight excluding hydrogens is 218 g/mol. The van der Waals surface area contributed by atoms with Gasteiger partial charge in [-0.1, -0.05) is 0 Å². The number of pyridine rings is 1. The molecule has 1 rings (SSSR count). The summed E-state index contributed by atoms with van der Waals surface area (Å²) in [5.41, 5.74) is -0.106. The van der Waals surface area contributed by atoms with E-state index >= 15 is 0 Å². The second-order valence-corrected chi connectivity index (χ2v) is 4.39. The van der Waals surface area contributed by atoms with E-state index in [4.69, 9.17) is 0 Å². The minimum absolute atomic E-state index is 0.0458. The summed E-state index contributed by atoms with van der Waals surface area (Å²) in [5, 5.41) is 2.81. The number of aromatic nitrogens is 1. The maximum absolute atomic E-state index is 11.8. The number of amides is 1. The third-order valence-corrected chi connectivity index (χ3v) is 2.46. The molecule has 1 amide bonds. The molecule has 5 nitrogen and oxygen atoms in total. The number of carbonyl (C=O) groups is 1. The molecule has 0 aliphatic rings. The van der Waals surface area contributed by atoms with Crippen molar-refractivity contribution in [3.63, 3.8) is 0 Å². The Morgan fingerprint density at radius 3 is 2.82 bits per heavy atom. The lowest BCUT2D eigenvalue weighted by Gasteiger charge is -2.16. The van der Waals surface area contributed by atoms with E-state index in [0.29, 0.717) is 0 Å². The zero-order valence-electron chi connectivity index (χ0n) is 10.5. The van der Waals surface area contributed by atoms with Crippen LogP contribution in [0.15, 0.2) is 23.3 Å². The molecule has 1 aromatic rings. The highest BCUT2D eigenvalue weighted by Gasteiger charge is 2.12. The molecule has 1 heterocycles. The molecule has 2 N–H and O–H groups in total. The van der Waals surface area contributed by atoms with E-state index in [2.05, 4.69) is 15.2 Å². The van der Waals surface area contributed by atoms with Gasteiger partial charge in [0.1, 0.15) is 5.56 Å². The molecule has 0 aromatic carbocycles. The Morgan fingerprint density at radius 2 is 2.24 bits per heavy atom. The SMILES string of the molecule is CC(CCN(C)C)NC(=O)c1c[nH]ccc1=O. The number of nitrogens with one attached hydrogen (secondary N) is 2. The van der Waals surface area contributed by atoms with Gasteiger partial charge < -0.3 is 15.2 Å². The molecule has 0 fully saturated rings. The van der Waals surface area contributed by atoms with E-state index in [1.54, 1.807) is 0 Å². The second kappa shape index (κ2) is 6.20. The van der Waals surface area contributed by atoms with Crippen molar-refractivity contribution in [2.24, 2.45) is 0 Å². The van der Waals surface area contributed by atoms with Crippen LogP contribution in [0.25, 0.3) is 0 Å². The summed E-state index contributed by atoms with van der Waals surface area (Å²) >= 11 is 0. The molecule has 1 aromatic heterocycles. The third kappa shape index (κ3) is 4.40. The van der Waals surface area contributed by atoms with Crippen LogP contribution in [0, 0.1) is 0 Å². The topological polar surface area (TPSA) is 65.2 Å². The zero-order valence-corrected chi connectivity index (χ0v) is 10.5. The smallest absolute Gasteiger partial charge is 0.256 e. The van der Waals surface area contributed by atoms with Crippen molar-refractivity contribution in [1.29, 1.82) is 0 Å². The average molecular weight is 237 g/mol. The number of hydrogen-bond acceptors (Lipinski definition) is 3. The van der Waals surface area contributed by atoms with Gasteiger partial charge >= 0.3 is 0 Å². The van der Waals surface area contributed by atoms with Gasteiger partial charge in [-0.15, -0.1) is 0 Å².